The number of aliphatic carboxylic acids is 1. The maximum absolute atomic E-state index is 13.5. The van der Waals surface area contributed by atoms with Crippen LogP contribution in [-0.2, 0) is 24.0 Å². The number of hydrogen-bond acceptors (Lipinski definition) is 4. The van der Waals surface area contributed by atoms with E-state index in [1.54, 1.807) is 12.1 Å². The molecule has 1 saturated heterocycles. The van der Waals surface area contributed by atoms with Gasteiger partial charge in [-0.15, -0.1) is 0 Å². The largest absolute Gasteiger partial charge is 0.489 e. The van der Waals surface area contributed by atoms with Crippen LogP contribution in [0.4, 0.5) is 26.3 Å². The fourth-order valence-electron chi connectivity index (χ4n) is 4.58. The topological polar surface area (TPSA) is 59.0 Å². The maximum Gasteiger partial charge on any atom is 0.422 e. The van der Waals surface area contributed by atoms with Crippen molar-refractivity contribution in [2.45, 2.75) is 38.7 Å². The van der Waals surface area contributed by atoms with Gasteiger partial charge in [0.05, 0.1) is 11.5 Å². The van der Waals surface area contributed by atoms with Crippen molar-refractivity contribution in [3.8, 4) is 11.5 Å². The quantitative estimate of drug-likeness (QED) is 0.428. The lowest BCUT2D eigenvalue weighted by Gasteiger charge is -2.38. The van der Waals surface area contributed by atoms with Gasteiger partial charge in [0, 0.05) is 25.2 Å². The van der Waals surface area contributed by atoms with E-state index < -0.39 is 42.8 Å². The van der Waals surface area contributed by atoms with Crippen LogP contribution in [0.2, 0.25) is 0 Å². The number of likely N-dealkylation sites (tertiary alicyclic amines) is 1. The Hall–Kier alpha value is -3.21. The van der Waals surface area contributed by atoms with Crippen molar-refractivity contribution in [2.24, 2.45) is 5.92 Å². The first-order valence-electron chi connectivity index (χ1n) is 11.6. The van der Waals surface area contributed by atoms with E-state index in [-0.39, 0.29) is 11.5 Å². The highest BCUT2D eigenvalue weighted by Crippen LogP contribution is 2.37. The molecular weight excluding hydrogens is 504 g/mol. The number of carbonyl (C=O) groups is 1. The average molecular weight is 529 g/mol. The van der Waals surface area contributed by atoms with Crippen LogP contribution in [0.3, 0.4) is 0 Å². The van der Waals surface area contributed by atoms with E-state index in [0.29, 0.717) is 37.9 Å². The first-order valence-corrected chi connectivity index (χ1v) is 11.6. The zero-order chi connectivity index (χ0) is 27.0. The summed E-state index contributed by atoms with van der Waals surface area (Å²) in [6.45, 7) is 1.65. The van der Waals surface area contributed by atoms with Crippen LogP contribution in [0, 0.1) is 5.92 Å². The molecule has 1 heterocycles. The monoisotopic (exact) mass is 529 g/mol. The van der Waals surface area contributed by atoms with Gasteiger partial charge >= 0.3 is 18.3 Å². The minimum absolute atomic E-state index is 0.225. The Morgan fingerprint density at radius 2 is 1.68 bits per heavy atom. The molecule has 1 aliphatic carbocycles. The molecule has 2 aliphatic rings. The van der Waals surface area contributed by atoms with Crippen molar-refractivity contribution < 1.29 is 45.7 Å². The summed E-state index contributed by atoms with van der Waals surface area (Å²) in [6, 6.07) is 7.96. The van der Waals surface area contributed by atoms with E-state index in [1.165, 1.54) is 5.57 Å². The Morgan fingerprint density at radius 3 is 2.32 bits per heavy atom. The Kier molecular flexibility index (Phi) is 7.45. The van der Waals surface area contributed by atoms with Crippen molar-refractivity contribution in [2.75, 3.05) is 26.2 Å². The minimum atomic E-state index is -4.80. The normalized spacial score (nSPS) is 16.8. The van der Waals surface area contributed by atoms with Crippen molar-refractivity contribution in [3.05, 3.63) is 64.2 Å². The smallest absolute Gasteiger partial charge is 0.422 e. The lowest BCUT2D eigenvalue weighted by molar-refractivity contribution is -0.153. The molecule has 2 aromatic carbocycles. The van der Waals surface area contributed by atoms with Crippen LogP contribution in [0.15, 0.2) is 42.0 Å². The third-order valence-electron chi connectivity index (χ3n) is 6.61. The van der Waals surface area contributed by atoms with Crippen molar-refractivity contribution in [3.63, 3.8) is 0 Å². The Bertz CT molecular complexity index is 1200. The van der Waals surface area contributed by atoms with E-state index >= 15 is 0 Å². The lowest BCUT2D eigenvalue weighted by Crippen LogP contribution is -2.50. The highest BCUT2D eigenvalue weighted by molar-refractivity contribution is 5.73. The molecule has 2 aromatic rings. The summed E-state index contributed by atoms with van der Waals surface area (Å²) in [5, 5.41) is 9.05. The molecule has 0 unspecified atom stereocenters. The van der Waals surface area contributed by atoms with Gasteiger partial charge in [0.15, 0.2) is 6.61 Å². The number of carboxylic acids is 1. The van der Waals surface area contributed by atoms with Crippen LogP contribution in [-0.4, -0.2) is 48.4 Å². The number of benzene rings is 2. The second-order valence-corrected chi connectivity index (χ2v) is 9.29. The van der Waals surface area contributed by atoms with Gasteiger partial charge in [-0.2, -0.15) is 26.3 Å². The Morgan fingerprint density at radius 1 is 1.00 bits per heavy atom. The standard InChI is InChI=1S/C26H25F6NO4/c1-15-17(10-33-11-19(12-33)24(34)35)3-2-16-8-20(6-7-22(15)16)36-13-18-4-5-21(37-14-25(27,28)29)9-23(18)26(30,31)32/h4-9,19H,2-3,10-14H2,1H3,(H,34,35). The van der Waals surface area contributed by atoms with E-state index in [4.69, 9.17) is 9.84 Å². The van der Waals surface area contributed by atoms with Gasteiger partial charge in [-0.3, -0.25) is 9.69 Å². The Balaban J connectivity index is 1.43. The molecule has 4 rings (SSSR count). The second-order valence-electron chi connectivity index (χ2n) is 9.29. The molecule has 0 spiro atoms. The number of rotatable bonds is 8. The fraction of sp³-hybridized carbons (Fsp3) is 0.423. The fourth-order valence-corrected chi connectivity index (χ4v) is 4.58. The number of ether oxygens (including phenoxy) is 2. The van der Waals surface area contributed by atoms with Crippen molar-refractivity contribution >= 4 is 11.5 Å². The van der Waals surface area contributed by atoms with Crippen LogP contribution in [0.1, 0.15) is 35.6 Å². The molecule has 0 aromatic heterocycles. The number of carboxylic acid groups (broad SMARTS) is 1. The summed E-state index contributed by atoms with van der Waals surface area (Å²) in [5.74, 6) is -1.25. The number of nitrogens with zero attached hydrogens (tertiary/aromatic N) is 1. The Labute approximate surface area is 209 Å². The predicted molar refractivity (Wildman–Crippen MR) is 122 cm³/mol. The highest BCUT2D eigenvalue weighted by atomic mass is 19.4. The number of alkyl halides is 6. The SMILES string of the molecule is CC1=C(CN2CC(C(=O)O)C2)CCc2cc(OCc3ccc(OCC(F)(F)F)cc3C(F)(F)F)ccc21. The third kappa shape index (κ3) is 6.57. The zero-order valence-corrected chi connectivity index (χ0v) is 19.9. The van der Waals surface area contributed by atoms with Crippen molar-refractivity contribution in [1.29, 1.82) is 0 Å². The zero-order valence-electron chi connectivity index (χ0n) is 19.9. The summed E-state index contributed by atoms with van der Waals surface area (Å²) in [6.07, 6.45) is -7.97. The number of allylic oxidation sites excluding steroid dienone is 1. The van der Waals surface area contributed by atoms with Gasteiger partial charge in [0.25, 0.3) is 0 Å². The van der Waals surface area contributed by atoms with Gasteiger partial charge in [-0.05, 0) is 60.7 Å². The van der Waals surface area contributed by atoms with Gasteiger partial charge < -0.3 is 14.6 Å². The van der Waals surface area contributed by atoms with E-state index in [1.807, 2.05) is 13.0 Å². The molecule has 1 N–H and O–H groups in total. The molecular formula is C26H25F6NO4. The molecule has 0 radical (unpaired) electrons. The number of fused-ring (bicyclic) bond motifs is 1. The maximum atomic E-state index is 13.5. The summed E-state index contributed by atoms with van der Waals surface area (Å²) in [7, 11) is 0. The van der Waals surface area contributed by atoms with Crippen molar-refractivity contribution in [1.82, 2.24) is 4.90 Å². The molecule has 11 heteroatoms. The molecule has 200 valence electrons. The second kappa shape index (κ2) is 10.3. The van der Waals surface area contributed by atoms with E-state index in [0.717, 1.165) is 35.3 Å². The molecule has 1 fully saturated rings. The summed E-state index contributed by atoms with van der Waals surface area (Å²) in [5.41, 5.74) is 3.00. The van der Waals surface area contributed by atoms with E-state index in [2.05, 4.69) is 9.64 Å². The minimum Gasteiger partial charge on any atom is -0.489 e. The summed E-state index contributed by atoms with van der Waals surface area (Å²) >= 11 is 0. The molecule has 37 heavy (non-hydrogen) atoms. The third-order valence-corrected chi connectivity index (χ3v) is 6.61. The summed E-state index contributed by atoms with van der Waals surface area (Å²) < 4.78 is 87.8. The summed E-state index contributed by atoms with van der Waals surface area (Å²) in [4.78, 5) is 13.1. The lowest BCUT2D eigenvalue weighted by atomic mass is 9.85. The van der Waals surface area contributed by atoms with Gasteiger partial charge in [-0.1, -0.05) is 17.7 Å². The molecule has 5 nitrogen and oxygen atoms in total. The van der Waals surface area contributed by atoms with Gasteiger partial charge in [0.1, 0.15) is 18.1 Å². The molecule has 0 saturated carbocycles. The molecule has 0 atom stereocenters. The first-order chi connectivity index (χ1) is 17.3. The molecule has 0 amide bonds. The van der Waals surface area contributed by atoms with Crippen LogP contribution >= 0.6 is 0 Å². The first kappa shape index (κ1) is 26.8. The predicted octanol–water partition coefficient (Wildman–Crippen LogP) is 5.96. The van der Waals surface area contributed by atoms with Gasteiger partial charge in [-0.25, -0.2) is 0 Å². The number of aryl methyl sites for hydroxylation is 1. The van der Waals surface area contributed by atoms with E-state index in [9.17, 15) is 31.1 Å². The number of hydrogen-bond donors (Lipinski definition) is 1. The molecule has 1 aliphatic heterocycles. The van der Waals surface area contributed by atoms with Crippen LogP contribution in [0.25, 0.3) is 5.57 Å². The van der Waals surface area contributed by atoms with Crippen LogP contribution < -0.4 is 9.47 Å². The van der Waals surface area contributed by atoms with Gasteiger partial charge in [0.2, 0.25) is 0 Å². The average Bonchev–Trinajstić information content (AvgIpc) is 2.78. The highest BCUT2D eigenvalue weighted by Gasteiger charge is 2.35. The van der Waals surface area contributed by atoms with Crippen LogP contribution in [0.5, 0.6) is 11.5 Å². The number of halogens is 6. The molecule has 0 bridgehead atoms.